The Hall–Kier alpha value is -2.09. The third-order valence-electron chi connectivity index (χ3n) is 3.18. The van der Waals surface area contributed by atoms with E-state index in [-0.39, 0.29) is 5.91 Å². The second-order valence-corrected chi connectivity index (χ2v) is 4.38. The number of carbonyl (C=O) groups excluding carboxylic acids is 1. The van der Waals surface area contributed by atoms with Crippen molar-refractivity contribution in [2.75, 3.05) is 5.32 Å². The van der Waals surface area contributed by atoms with E-state index in [0.29, 0.717) is 6.42 Å². The highest BCUT2D eigenvalue weighted by molar-refractivity contribution is 6.01. The van der Waals surface area contributed by atoms with Gasteiger partial charge in [-0.2, -0.15) is 0 Å². The van der Waals surface area contributed by atoms with Crippen LogP contribution in [0.5, 0.6) is 0 Å². The van der Waals surface area contributed by atoms with Crippen LogP contribution in [0.4, 0.5) is 5.69 Å². The van der Waals surface area contributed by atoms with Gasteiger partial charge in [0.1, 0.15) is 0 Å². The van der Waals surface area contributed by atoms with Crippen molar-refractivity contribution in [2.24, 2.45) is 0 Å². The Bertz CT molecular complexity index is 602. The van der Waals surface area contributed by atoms with Crippen molar-refractivity contribution in [3.05, 3.63) is 53.6 Å². The molecule has 1 N–H and O–H groups in total. The molecule has 84 valence electrons. The molecule has 0 unspecified atom stereocenters. The molecule has 0 bridgehead atoms. The lowest BCUT2D eigenvalue weighted by Crippen LogP contribution is -2.12. The summed E-state index contributed by atoms with van der Waals surface area (Å²) in [6, 6.07) is 14.1. The fraction of sp³-hybridized carbons (Fsp3) is 0.133. The number of fused-ring (bicyclic) bond motifs is 3. The lowest BCUT2D eigenvalue weighted by molar-refractivity contribution is -0.115. The van der Waals surface area contributed by atoms with E-state index in [1.54, 1.807) is 0 Å². The van der Waals surface area contributed by atoms with Crippen molar-refractivity contribution in [1.29, 1.82) is 0 Å². The highest BCUT2D eigenvalue weighted by Gasteiger charge is 2.18. The van der Waals surface area contributed by atoms with Crippen LogP contribution in [0.15, 0.2) is 42.5 Å². The molecule has 2 heteroatoms. The predicted octanol–water partition coefficient (Wildman–Crippen LogP) is 3.16. The summed E-state index contributed by atoms with van der Waals surface area (Å²) in [6.45, 7) is 2.08. The summed E-state index contributed by atoms with van der Waals surface area (Å²) in [6.07, 6.45) is 0.449. The van der Waals surface area contributed by atoms with Gasteiger partial charge in [0, 0.05) is 11.3 Å². The Morgan fingerprint density at radius 1 is 1.06 bits per heavy atom. The first-order valence-electron chi connectivity index (χ1n) is 5.73. The number of carbonyl (C=O) groups is 1. The molecule has 2 aromatic rings. The van der Waals surface area contributed by atoms with Gasteiger partial charge >= 0.3 is 0 Å². The molecule has 0 spiro atoms. The maximum atomic E-state index is 11.8. The zero-order valence-corrected chi connectivity index (χ0v) is 9.66. The molecule has 0 saturated carbocycles. The summed E-state index contributed by atoms with van der Waals surface area (Å²) in [4.78, 5) is 11.8. The average Bonchev–Trinajstić information content (AvgIpc) is 2.44. The molecule has 0 fully saturated rings. The second kappa shape index (κ2) is 3.74. The first-order valence-corrected chi connectivity index (χ1v) is 5.73. The minimum Gasteiger partial charge on any atom is -0.325 e. The molecule has 0 aromatic heterocycles. The van der Waals surface area contributed by atoms with Gasteiger partial charge in [-0.25, -0.2) is 0 Å². The van der Waals surface area contributed by atoms with Crippen LogP contribution in [0.1, 0.15) is 11.1 Å². The molecule has 0 aliphatic carbocycles. The molecule has 0 radical (unpaired) electrons. The molecule has 1 aliphatic heterocycles. The van der Waals surface area contributed by atoms with Crippen LogP contribution in [0, 0.1) is 6.92 Å². The van der Waals surface area contributed by atoms with E-state index in [9.17, 15) is 4.79 Å². The molecule has 1 heterocycles. The number of benzene rings is 2. The van der Waals surface area contributed by atoms with E-state index in [2.05, 4.69) is 24.4 Å². The average molecular weight is 223 g/mol. The van der Waals surface area contributed by atoms with Crippen LogP contribution in [0.25, 0.3) is 11.1 Å². The Morgan fingerprint density at radius 2 is 1.88 bits per heavy atom. The maximum absolute atomic E-state index is 11.8. The monoisotopic (exact) mass is 223 g/mol. The predicted molar refractivity (Wildman–Crippen MR) is 68.9 cm³/mol. The van der Waals surface area contributed by atoms with Gasteiger partial charge in [-0.05, 0) is 29.7 Å². The smallest absolute Gasteiger partial charge is 0.228 e. The molecule has 17 heavy (non-hydrogen) atoms. The normalized spacial score (nSPS) is 13.4. The number of anilines is 1. The van der Waals surface area contributed by atoms with Gasteiger partial charge in [0.25, 0.3) is 0 Å². The third-order valence-corrected chi connectivity index (χ3v) is 3.18. The van der Waals surface area contributed by atoms with Crippen molar-refractivity contribution < 1.29 is 4.79 Å². The van der Waals surface area contributed by atoms with Gasteiger partial charge in [0.2, 0.25) is 5.91 Å². The standard InChI is InChI=1S/C15H13NO/c1-10-5-4-8-13-15(10)12-7-3-2-6-11(12)9-14(17)16-13/h2-8H,9H2,1H3,(H,16,17). The number of rotatable bonds is 0. The maximum Gasteiger partial charge on any atom is 0.228 e. The van der Waals surface area contributed by atoms with E-state index in [0.717, 1.165) is 16.8 Å². The van der Waals surface area contributed by atoms with E-state index in [1.165, 1.54) is 11.1 Å². The van der Waals surface area contributed by atoms with Crippen molar-refractivity contribution in [3.8, 4) is 11.1 Å². The zero-order valence-electron chi connectivity index (χ0n) is 9.66. The summed E-state index contributed by atoms with van der Waals surface area (Å²) < 4.78 is 0. The number of hydrogen-bond donors (Lipinski definition) is 1. The minimum absolute atomic E-state index is 0.0572. The van der Waals surface area contributed by atoms with Crippen molar-refractivity contribution in [1.82, 2.24) is 0 Å². The summed E-state index contributed by atoms with van der Waals surface area (Å²) >= 11 is 0. The molecule has 1 aliphatic rings. The molecule has 3 rings (SSSR count). The fourth-order valence-electron chi connectivity index (χ4n) is 2.42. The molecular formula is C15H13NO. The summed E-state index contributed by atoms with van der Waals surface area (Å²) in [5, 5.41) is 2.97. The van der Waals surface area contributed by atoms with Crippen molar-refractivity contribution >= 4 is 11.6 Å². The van der Waals surface area contributed by atoms with Gasteiger partial charge < -0.3 is 5.32 Å². The molecular weight excluding hydrogens is 210 g/mol. The van der Waals surface area contributed by atoms with Crippen molar-refractivity contribution in [3.63, 3.8) is 0 Å². The van der Waals surface area contributed by atoms with E-state index >= 15 is 0 Å². The fourth-order valence-corrected chi connectivity index (χ4v) is 2.42. The highest BCUT2D eigenvalue weighted by atomic mass is 16.1. The molecule has 0 atom stereocenters. The summed E-state index contributed by atoms with van der Waals surface area (Å²) in [7, 11) is 0. The van der Waals surface area contributed by atoms with Crippen LogP contribution in [0.3, 0.4) is 0 Å². The minimum atomic E-state index is 0.0572. The van der Waals surface area contributed by atoms with E-state index in [1.807, 2.05) is 30.3 Å². The molecule has 2 nitrogen and oxygen atoms in total. The van der Waals surface area contributed by atoms with Crippen LogP contribution in [-0.2, 0) is 11.2 Å². The molecule has 2 aromatic carbocycles. The third kappa shape index (κ3) is 1.62. The quantitative estimate of drug-likeness (QED) is 0.730. The molecule has 1 amide bonds. The Morgan fingerprint density at radius 3 is 2.76 bits per heavy atom. The van der Waals surface area contributed by atoms with E-state index in [4.69, 9.17) is 0 Å². The van der Waals surface area contributed by atoms with Crippen molar-refractivity contribution in [2.45, 2.75) is 13.3 Å². The first kappa shape index (κ1) is 10.1. The van der Waals surface area contributed by atoms with Gasteiger partial charge in [0.05, 0.1) is 6.42 Å². The first-order chi connectivity index (χ1) is 8.25. The number of aryl methyl sites for hydroxylation is 1. The Kier molecular flexibility index (Phi) is 2.22. The van der Waals surface area contributed by atoms with Gasteiger partial charge in [-0.3, -0.25) is 4.79 Å². The van der Waals surface area contributed by atoms with Gasteiger partial charge in [0.15, 0.2) is 0 Å². The second-order valence-electron chi connectivity index (χ2n) is 4.38. The van der Waals surface area contributed by atoms with Crippen LogP contribution >= 0.6 is 0 Å². The number of nitrogens with one attached hydrogen (secondary N) is 1. The van der Waals surface area contributed by atoms with Crippen LogP contribution in [0.2, 0.25) is 0 Å². The van der Waals surface area contributed by atoms with E-state index < -0.39 is 0 Å². The zero-order chi connectivity index (χ0) is 11.8. The summed E-state index contributed by atoms with van der Waals surface area (Å²) in [5.74, 6) is 0.0572. The summed E-state index contributed by atoms with van der Waals surface area (Å²) in [5.41, 5.74) is 5.52. The van der Waals surface area contributed by atoms with Gasteiger partial charge in [-0.1, -0.05) is 36.4 Å². The highest BCUT2D eigenvalue weighted by Crippen LogP contribution is 2.35. The molecule has 0 saturated heterocycles. The Balaban J connectivity index is 2.35. The number of hydrogen-bond acceptors (Lipinski definition) is 1. The van der Waals surface area contributed by atoms with Gasteiger partial charge in [-0.15, -0.1) is 0 Å². The SMILES string of the molecule is Cc1cccc2c1-c1ccccc1CC(=O)N2. The largest absolute Gasteiger partial charge is 0.325 e. The lowest BCUT2D eigenvalue weighted by atomic mass is 9.94. The lowest BCUT2D eigenvalue weighted by Gasteiger charge is -2.11. The van der Waals surface area contributed by atoms with Crippen LogP contribution < -0.4 is 5.32 Å². The topological polar surface area (TPSA) is 29.1 Å². The van der Waals surface area contributed by atoms with Crippen LogP contribution in [-0.4, -0.2) is 5.91 Å². The number of amides is 1. The Labute approximate surface area is 100 Å².